The first kappa shape index (κ1) is 14.3. The molecule has 2 aromatic carbocycles. The van der Waals surface area contributed by atoms with Crippen LogP contribution in [0, 0.1) is 6.92 Å². The largest absolute Gasteiger partial charge is 0.355 e. The highest BCUT2D eigenvalue weighted by atomic mass is 35.5. The van der Waals surface area contributed by atoms with Crippen LogP contribution in [0.25, 0.3) is 11.1 Å². The van der Waals surface area contributed by atoms with Crippen molar-refractivity contribution in [3.8, 4) is 11.1 Å². The maximum atomic E-state index is 11.6. The van der Waals surface area contributed by atoms with Gasteiger partial charge < -0.3 is 5.32 Å². The van der Waals surface area contributed by atoms with Crippen molar-refractivity contribution in [2.75, 3.05) is 7.05 Å². The van der Waals surface area contributed by atoms with Crippen LogP contribution in [-0.2, 0) is 0 Å². The van der Waals surface area contributed by atoms with Crippen molar-refractivity contribution in [2.45, 2.75) is 6.92 Å². The highest BCUT2D eigenvalue weighted by molar-refractivity contribution is 6.34. The minimum absolute atomic E-state index is 0.191. The van der Waals surface area contributed by atoms with Crippen LogP contribution < -0.4 is 5.32 Å². The van der Waals surface area contributed by atoms with E-state index in [1.165, 1.54) is 0 Å². The van der Waals surface area contributed by atoms with Crippen LogP contribution in [0.1, 0.15) is 15.9 Å². The number of carbonyl (C=O) groups is 1. The summed E-state index contributed by atoms with van der Waals surface area (Å²) in [7, 11) is 1.58. The first-order valence-electron chi connectivity index (χ1n) is 6.16. The van der Waals surface area contributed by atoms with Gasteiger partial charge in [0.25, 0.3) is 5.91 Å². The van der Waals surface area contributed by atoms with E-state index in [9.17, 15) is 4.79 Å². The molecule has 0 spiro atoms. The van der Waals surface area contributed by atoms with Gasteiger partial charge in [0.15, 0.2) is 0 Å². The average molecular weight is 287 g/mol. The minimum atomic E-state index is -0.191. The third-order valence-corrected chi connectivity index (χ3v) is 3.45. The van der Waals surface area contributed by atoms with E-state index in [-0.39, 0.29) is 5.91 Å². The van der Waals surface area contributed by atoms with Crippen molar-refractivity contribution in [2.24, 2.45) is 4.99 Å². The molecule has 0 bridgehead atoms. The van der Waals surface area contributed by atoms with Gasteiger partial charge in [0.05, 0.1) is 16.3 Å². The van der Waals surface area contributed by atoms with E-state index >= 15 is 0 Å². The van der Waals surface area contributed by atoms with Crippen LogP contribution in [0.15, 0.2) is 41.4 Å². The standard InChI is InChI=1S/C16H15ClN2O/c1-10-8-11(5-7-15(10)18-2)12-4-6-13(14(17)9-12)16(20)19-3/h4-9H,2H2,1,3H3,(H,19,20). The maximum Gasteiger partial charge on any atom is 0.252 e. The number of benzene rings is 2. The van der Waals surface area contributed by atoms with Gasteiger partial charge >= 0.3 is 0 Å². The molecule has 0 atom stereocenters. The second-order valence-corrected chi connectivity index (χ2v) is 4.84. The first-order valence-corrected chi connectivity index (χ1v) is 6.54. The molecule has 0 saturated carbocycles. The number of aliphatic imine (C=N–C) groups is 1. The monoisotopic (exact) mass is 286 g/mol. The number of aryl methyl sites for hydroxylation is 1. The van der Waals surface area contributed by atoms with Crippen molar-refractivity contribution in [3.63, 3.8) is 0 Å². The van der Waals surface area contributed by atoms with E-state index in [2.05, 4.69) is 17.0 Å². The number of amides is 1. The Morgan fingerprint density at radius 1 is 1.20 bits per heavy atom. The lowest BCUT2D eigenvalue weighted by Crippen LogP contribution is -2.18. The molecule has 4 heteroatoms. The summed E-state index contributed by atoms with van der Waals surface area (Å²) in [5, 5.41) is 3.00. The molecule has 0 unspecified atom stereocenters. The van der Waals surface area contributed by atoms with Gasteiger partial charge in [-0.05, 0) is 54.6 Å². The van der Waals surface area contributed by atoms with E-state index in [0.29, 0.717) is 10.6 Å². The SMILES string of the molecule is C=Nc1ccc(-c2ccc(C(=O)NC)c(Cl)c2)cc1C. The highest BCUT2D eigenvalue weighted by Gasteiger charge is 2.10. The van der Waals surface area contributed by atoms with Crippen molar-refractivity contribution < 1.29 is 4.79 Å². The fraction of sp³-hybridized carbons (Fsp3) is 0.125. The molecular weight excluding hydrogens is 272 g/mol. The molecule has 0 aliphatic rings. The summed E-state index contributed by atoms with van der Waals surface area (Å²) in [5.74, 6) is -0.191. The first-order chi connectivity index (χ1) is 9.56. The zero-order valence-corrected chi connectivity index (χ0v) is 12.2. The van der Waals surface area contributed by atoms with Crippen LogP contribution in [0.3, 0.4) is 0 Å². The quantitative estimate of drug-likeness (QED) is 0.851. The Kier molecular flexibility index (Phi) is 4.20. The second-order valence-electron chi connectivity index (χ2n) is 4.43. The number of nitrogens with zero attached hydrogens (tertiary/aromatic N) is 1. The van der Waals surface area contributed by atoms with Crippen LogP contribution in [-0.4, -0.2) is 19.7 Å². The Labute approximate surface area is 123 Å². The van der Waals surface area contributed by atoms with Gasteiger partial charge in [-0.2, -0.15) is 0 Å². The molecule has 0 aliphatic heterocycles. The third-order valence-electron chi connectivity index (χ3n) is 3.14. The molecule has 0 fully saturated rings. The summed E-state index contributed by atoms with van der Waals surface area (Å²) in [4.78, 5) is 15.5. The third kappa shape index (κ3) is 2.73. The van der Waals surface area contributed by atoms with Gasteiger partial charge in [-0.1, -0.05) is 23.7 Å². The van der Waals surface area contributed by atoms with Gasteiger partial charge in [-0.25, -0.2) is 0 Å². The van der Waals surface area contributed by atoms with Crippen molar-refractivity contribution in [1.29, 1.82) is 0 Å². The normalized spacial score (nSPS) is 10.2. The summed E-state index contributed by atoms with van der Waals surface area (Å²) in [6.07, 6.45) is 0. The summed E-state index contributed by atoms with van der Waals surface area (Å²) in [6, 6.07) is 11.3. The Morgan fingerprint density at radius 2 is 1.85 bits per heavy atom. The molecule has 1 amide bonds. The number of carbonyl (C=O) groups excluding carboxylic acids is 1. The van der Waals surface area contributed by atoms with Crippen molar-refractivity contribution in [1.82, 2.24) is 5.32 Å². The lowest BCUT2D eigenvalue weighted by atomic mass is 10.0. The van der Waals surface area contributed by atoms with E-state index < -0.39 is 0 Å². The van der Waals surface area contributed by atoms with Crippen LogP contribution >= 0.6 is 11.6 Å². The van der Waals surface area contributed by atoms with Crippen LogP contribution in [0.4, 0.5) is 5.69 Å². The van der Waals surface area contributed by atoms with Gasteiger partial charge in [0, 0.05) is 7.05 Å². The molecule has 0 aliphatic carbocycles. The van der Waals surface area contributed by atoms with Crippen molar-refractivity contribution in [3.05, 3.63) is 52.5 Å². The van der Waals surface area contributed by atoms with Gasteiger partial charge in [0.1, 0.15) is 0 Å². The average Bonchev–Trinajstić information content (AvgIpc) is 2.46. The zero-order valence-electron chi connectivity index (χ0n) is 11.4. The highest BCUT2D eigenvalue weighted by Crippen LogP contribution is 2.29. The van der Waals surface area contributed by atoms with E-state index in [0.717, 1.165) is 22.4 Å². The molecule has 0 radical (unpaired) electrons. The number of rotatable bonds is 3. The van der Waals surface area contributed by atoms with E-state index in [1.54, 1.807) is 19.2 Å². The smallest absolute Gasteiger partial charge is 0.252 e. The predicted octanol–water partition coefficient (Wildman–Crippen LogP) is 4.01. The van der Waals surface area contributed by atoms with Gasteiger partial charge in [0.2, 0.25) is 0 Å². The molecule has 0 aromatic heterocycles. The molecule has 2 rings (SSSR count). The second kappa shape index (κ2) is 5.88. The fourth-order valence-electron chi connectivity index (χ4n) is 2.03. The molecule has 102 valence electrons. The number of hydrogen-bond donors (Lipinski definition) is 1. The minimum Gasteiger partial charge on any atom is -0.355 e. The summed E-state index contributed by atoms with van der Waals surface area (Å²) < 4.78 is 0. The van der Waals surface area contributed by atoms with Crippen molar-refractivity contribution >= 4 is 29.9 Å². The topological polar surface area (TPSA) is 41.5 Å². The maximum absolute atomic E-state index is 11.6. The van der Waals surface area contributed by atoms with Crippen LogP contribution in [0.2, 0.25) is 5.02 Å². The lowest BCUT2D eigenvalue weighted by molar-refractivity contribution is 0.0963. The molecular formula is C16H15ClN2O. The van der Waals surface area contributed by atoms with Gasteiger partial charge in [-0.3, -0.25) is 9.79 Å². The van der Waals surface area contributed by atoms with Crippen LogP contribution in [0.5, 0.6) is 0 Å². The molecule has 0 heterocycles. The zero-order chi connectivity index (χ0) is 14.7. The Balaban J connectivity index is 2.44. The molecule has 2 aromatic rings. The fourth-order valence-corrected chi connectivity index (χ4v) is 2.29. The molecule has 3 nitrogen and oxygen atoms in total. The number of halogens is 1. The Bertz CT molecular complexity index is 680. The number of nitrogens with one attached hydrogen (secondary N) is 1. The predicted molar refractivity (Wildman–Crippen MR) is 84.2 cm³/mol. The van der Waals surface area contributed by atoms with E-state index in [1.807, 2.05) is 31.2 Å². The van der Waals surface area contributed by atoms with E-state index in [4.69, 9.17) is 11.6 Å². The molecule has 0 saturated heterocycles. The van der Waals surface area contributed by atoms with Gasteiger partial charge in [-0.15, -0.1) is 0 Å². The lowest BCUT2D eigenvalue weighted by Gasteiger charge is -2.08. The Morgan fingerprint density at radius 3 is 2.40 bits per heavy atom. The molecule has 1 N–H and O–H groups in total. The summed E-state index contributed by atoms with van der Waals surface area (Å²) >= 11 is 6.16. The summed E-state index contributed by atoms with van der Waals surface area (Å²) in [5.41, 5.74) is 4.37. The Hall–Kier alpha value is -2.13. The molecule has 20 heavy (non-hydrogen) atoms. The number of hydrogen-bond acceptors (Lipinski definition) is 2. The summed E-state index contributed by atoms with van der Waals surface area (Å²) in [6.45, 7) is 5.51.